The van der Waals surface area contributed by atoms with E-state index in [1.165, 1.54) is 30.8 Å². The summed E-state index contributed by atoms with van der Waals surface area (Å²) >= 11 is 7.57. The number of benzene rings is 1. The normalized spacial score (nSPS) is 26.2. The average molecular weight is 347 g/mol. The van der Waals surface area contributed by atoms with Gasteiger partial charge in [0.25, 0.3) is 5.91 Å². The van der Waals surface area contributed by atoms with Crippen molar-refractivity contribution in [2.24, 2.45) is 5.92 Å². The van der Waals surface area contributed by atoms with Crippen molar-refractivity contribution in [3.8, 4) is 10.4 Å². The second-order valence-electron chi connectivity index (χ2n) is 6.49. The average Bonchev–Trinajstić information content (AvgIpc) is 3.14. The van der Waals surface area contributed by atoms with Crippen LogP contribution in [-0.2, 0) is 0 Å². The lowest BCUT2D eigenvalue weighted by Gasteiger charge is -2.30. The summed E-state index contributed by atoms with van der Waals surface area (Å²) in [6.45, 7) is 3.40. The first-order valence-electron chi connectivity index (χ1n) is 8.06. The van der Waals surface area contributed by atoms with Crippen LogP contribution in [0.15, 0.2) is 36.4 Å². The zero-order valence-electron chi connectivity index (χ0n) is 12.8. The number of hydrogen-bond acceptors (Lipinski definition) is 3. The van der Waals surface area contributed by atoms with E-state index >= 15 is 0 Å². The fourth-order valence-electron chi connectivity index (χ4n) is 3.68. The van der Waals surface area contributed by atoms with Crippen molar-refractivity contribution in [1.82, 2.24) is 10.2 Å². The van der Waals surface area contributed by atoms with Crippen LogP contribution in [0.1, 0.15) is 22.5 Å². The van der Waals surface area contributed by atoms with Gasteiger partial charge in [0, 0.05) is 29.0 Å². The van der Waals surface area contributed by atoms with Crippen molar-refractivity contribution < 1.29 is 4.79 Å². The van der Waals surface area contributed by atoms with Gasteiger partial charge >= 0.3 is 0 Å². The lowest BCUT2D eigenvalue weighted by atomic mass is 9.97. The van der Waals surface area contributed by atoms with Gasteiger partial charge in [0.1, 0.15) is 0 Å². The van der Waals surface area contributed by atoms with Crippen LogP contribution in [0.3, 0.4) is 0 Å². The molecule has 0 saturated carbocycles. The van der Waals surface area contributed by atoms with Crippen molar-refractivity contribution in [1.29, 1.82) is 0 Å². The van der Waals surface area contributed by atoms with Crippen molar-refractivity contribution in [2.45, 2.75) is 18.9 Å². The van der Waals surface area contributed by atoms with E-state index in [1.807, 2.05) is 36.4 Å². The Morgan fingerprint density at radius 2 is 2.17 bits per heavy atom. The van der Waals surface area contributed by atoms with Crippen LogP contribution in [0.2, 0.25) is 5.02 Å². The van der Waals surface area contributed by atoms with Gasteiger partial charge in [-0.2, -0.15) is 0 Å². The highest BCUT2D eigenvalue weighted by atomic mass is 35.5. The van der Waals surface area contributed by atoms with Crippen LogP contribution >= 0.6 is 22.9 Å². The number of hydrogen-bond donors (Lipinski definition) is 1. The van der Waals surface area contributed by atoms with Gasteiger partial charge in [-0.3, -0.25) is 4.79 Å². The molecule has 5 heteroatoms. The molecule has 0 aliphatic carbocycles. The molecule has 2 bridgehead atoms. The first kappa shape index (κ1) is 15.2. The Labute approximate surface area is 145 Å². The van der Waals surface area contributed by atoms with Gasteiger partial charge in [0.05, 0.1) is 4.88 Å². The number of piperidine rings is 1. The van der Waals surface area contributed by atoms with Crippen LogP contribution in [0, 0.1) is 5.92 Å². The van der Waals surface area contributed by atoms with Crippen molar-refractivity contribution in [3.63, 3.8) is 0 Å². The second kappa shape index (κ2) is 6.27. The number of thiophene rings is 1. The molecule has 2 aliphatic heterocycles. The Morgan fingerprint density at radius 3 is 3.00 bits per heavy atom. The molecule has 3 nitrogen and oxygen atoms in total. The summed E-state index contributed by atoms with van der Waals surface area (Å²) < 4.78 is 0. The van der Waals surface area contributed by atoms with Crippen molar-refractivity contribution in [2.75, 3.05) is 19.6 Å². The molecule has 2 saturated heterocycles. The third kappa shape index (κ3) is 3.30. The predicted octanol–water partition coefficient (Wildman–Crippen LogP) is 3.89. The summed E-state index contributed by atoms with van der Waals surface area (Å²) in [6, 6.07) is 11.9. The quantitative estimate of drug-likeness (QED) is 0.914. The van der Waals surface area contributed by atoms with Gasteiger partial charge in [-0.1, -0.05) is 23.7 Å². The molecule has 3 atom stereocenters. The smallest absolute Gasteiger partial charge is 0.261 e. The number of carbonyl (C=O) groups excluding carboxylic acids is 1. The minimum Gasteiger partial charge on any atom is -0.347 e. The maximum Gasteiger partial charge on any atom is 0.261 e. The number of nitrogens with one attached hydrogen (secondary N) is 1. The molecule has 120 valence electrons. The highest BCUT2D eigenvalue weighted by Gasteiger charge is 2.33. The summed E-state index contributed by atoms with van der Waals surface area (Å²) in [7, 11) is 0. The Balaban J connectivity index is 1.45. The standard InChI is InChI=1S/C18H19ClN2OS/c19-14-3-1-2-13(9-14)16-4-5-17(23-16)18(22)20-15-8-12-6-7-21(10-12)11-15/h1-5,9,12,15H,6-8,10-11H2,(H,20,22)/t12-,15+/m1/s1. The molecule has 1 amide bonds. The fraction of sp³-hybridized carbons (Fsp3) is 0.389. The highest BCUT2D eigenvalue weighted by molar-refractivity contribution is 7.17. The van der Waals surface area contributed by atoms with Crippen LogP contribution < -0.4 is 5.32 Å². The van der Waals surface area contributed by atoms with Gasteiger partial charge in [-0.25, -0.2) is 0 Å². The maximum absolute atomic E-state index is 12.5. The molecule has 0 spiro atoms. The van der Waals surface area contributed by atoms with Crippen LogP contribution in [0.25, 0.3) is 10.4 Å². The largest absolute Gasteiger partial charge is 0.347 e. The van der Waals surface area contributed by atoms with Gasteiger partial charge in [-0.05, 0) is 55.1 Å². The van der Waals surface area contributed by atoms with Crippen LogP contribution in [0.5, 0.6) is 0 Å². The SMILES string of the molecule is O=C(N[C@H]1C[C@H]2CCN(C2)C1)c1ccc(-c2cccc(Cl)c2)s1. The van der Waals surface area contributed by atoms with Gasteiger partial charge in [-0.15, -0.1) is 11.3 Å². The summed E-state index contributed by atoms with van der Waals surface area (Å²) in [5, 5.41) is 3.93. The van der Waals surface area contributed by atoms with E-state index in [0.29, 0.717) is 11.1 Å². The molecule has 1 unspecified atom stereocenters. The van der Waals surface area contributed by atoms with Crippen LogP contribution in [-0.4, -0.2) is 36.5 Å². The molecule has 23 heavy (non-hydrogen) atoms. The zero-order valence-corrected chi connectivity index (χ0v) is 14.4. The van der Waals surface area contributed by atoms with E-state index in [2.05, 4.69) is 10.2 Å². The van der Waals surface area contributed by atoms with Gasteiger partial charge in [0.15, 0.2) is 0 Å². The van der Waals surface area contributed by atoms with Gasteiger partial charge in [0.2, 0.25) is 0 Å². The van der Waals surface area contributed by atoms with Crippen LogP contribution in [0.4, 0.5) is 0 Å². The van der Waals surface area contributed by atoms with Crippen molar-refractivity contribution in [3.05, 3.63) is 46.3 Å². The summed E-state index contributed by atoms with van der Waals surface area (Å²) in [5.74, 6) is 0.815. The molecule has 2 aromatic rings. The lowest BCUT2D eigenvalue weighted by Crippen LogP contribution is -2.46. The van der Waals surface area contributed by atoms with E-state index in [4.69, 9.17) is 11.6 Å². The molecule has 1 aromatic carbocycles. The minimum absolute atomic E-state index is 0.0516. The van der Waals surface area contributed by atoms with Gasteiger partial charge < -0.3 is 10.2 Å². The Kier molecular flexibility index (Phi) is 4.14. The first-order valence-corrected chi connectivity index (χ1v) is 9.26. The Bertz CT molecular complexity index is 717. The van der Waals surface area contributed by atoms with E-state index in [1.54, 1.807) is 0 Å². The Morgan fingerprint density at radius 1 is 1.26 bits per heavy atom. The Hall–Kier alpha value is -1.36. The third-order valence-electron chi connectivity index (χ3n) is 4.74. The molecule has 2 aliphatic rings. The minimum atomic E-state index is 0.0516. The molecule has 1 N–H and O–H groups in total. The number of amides is 1. The number of carbonyl (C=O) groups is 1. The monoisotopic (exact) mass is 346 g/mol. The number of rotatable bonds is 3. The lowest BCUT2D eigenvalue weighted by molar-refractivity contribution is 0.0913. The number of nitrogens with zero attached hydrogens (tertiary/aromatic N) is 1. The van der Waals surface area contributed by atoms with E-state index < -0.39 is 0 Å². The zero-order chi connectivity index (χ0) is 15.8. The molecule has 1 aromatic heterocycles. The molecule has 0 radical (unpaired) electrons. The van der Waals surface area contributed by atoms with E-state index in [-0.39, 0.29) is 5.91 Å². The third-order valence-corrected chi connectivity index (χ3v) is 6.11. The molecule has 2 fully saturated rings. The topological polar surface area (TPSA) is 32.3 Å². The van der Waals surface area contributed by atoms with Crippen molar-refractivity contribution >= 4 is 28.8 Å². The summed E-state index contributed by atoms with van der Waals surface area (Å²) in [4.78, 5) is 16.8. The fourth-order valence-corrected chi connectivity index (χ4v) is 4.77. The molecular formula is C18H19ClN2OS. The number of halogens is 1. The molecular weight excluding hydrogens is 328 g/mol. The van der Waals surface area contributed by atoms with E-state index in [0.717, 1.165) is 34.2 Å². The summed E-state index contributed by atoms with van der Waals surface area (Å²) in [6.07, 6.45) is 2.40. The first-order chi connectivity index (χ1) is 11.2. The maximum atomic E-state index is 12.5. The summed E-state index contributed by atoms with van der Waals surface area (Å²) in [5.41, 5.74) is 1.06. The molecule has 3 heterocycles. The van der Waals surface area contributed by atoms with E-state index in [9.17, 15) is 4.79 Å². The highest BCUT2D eigenvalue weighted by Crippen LogP contribution is 2.30. The predicted molar refractivity (Wildman–Crippen MR) is 95.2 cm³/mol. The second-order valence-corrected chi connectivity index (χ2v) is 8.01. The molecule has 4 rings (SSSR count). The number of fused-ring (bicyclic) bond motifs is 2.